The molecule has 0 aliphatic heterocycles. The summed E-state index contributed by atoms with van der Waals surface area (Å²) in [5.41, 5.74) is 10.6. The van der Waals surface area contributed by atoms with Gasteiger partial charge in [0.15, 0.2) is 8.32 Å². The van der Waals surface area contributed by atoms with E-state index in [4.69, 9.17) is 66.4 Å². The highest BCUT2D eigenvalue weighted by molar-refractivity contribution is 6.74. The van der Waals surface area contributed by atoms with E-state index in [9.17, 15) is 19.7 Å². The molecule has 60 heavy (non-hydrogen) atoms. The molecule has 17 heteroatoms. The molecule has 0 bridgehead atoms. The molecule has 0 aromatic heterocycles. The van der Waals surface area contributed by atoms with Crippen LogP contribution in [0.15, 0.2) is 36.4 Å². The van der Waals surface area contributed by atoms with Crippen LogP contribution in [0.3, 0.4) is 0 Å². The number of benzene rings is 2. The lowest BCUT2D eigenvalue weighted by Crippen LogP contribution is -2.46. The third kappa shape index (κ3) is 19.3. The second-order valence-corrected chi connectivity index (χ2v) is 24.1. The molecule has 6 N–H and O–H groups in total. The van der Waals surface area contributed by atoms with Crippen molar-refractivity contribution in [3.8, 4) is 0 Å². The maximum Gasteiger partial charge on any atom is 0.373 e. The topological polar surface area (TPSA) is 158 Å². The van der Waals surface area contributed by atoms with Gasteiger partial charge in [0.2, 0.25) is 0 Å². The Bertz CT molecular complexity index is 1590. The van der Waals surface area contributed by atoms with Gasteiger partial charge in [-0.3, -0.25) is 9.59 Å². The Labute approximate surface area is 382 Å². The molecule has 0 aliphatic rings. The Kier molecular flexibility index (Phi) is 25.1. The molecule has 0 radical (unpaired) electrons. The number of nitrogens with zero attached hydrogens (tertiary/aromatic N) is 2. The van der Waals surface area contributed by atoms with Crippen molar-refractivity contribution in [2.45, 2.75) is 111 Å². The van der Waals surface area contributed by atoms with Crippen molar-refractivity contribution < 1.29 is 34.0 Å². The van der Waals surface area contributed by atoms with E-state index in [1.54, 1.807) is 6.82 Å². The first kappa shape index (κ1) is 56.2. The predicted molar refractivity (Wildman–Crippen MR) is 256 cm³/mol. The summed E-state index contributed by atoms with van der Waals surface area (Å²) in [6.45, 7) is 25.4. The van der Waals surface area contributed by atoms with Gasteiger partial charge < -0.3 is 45.2 Å². The summed E-state index contributed by atoms with van der Waals surface area (Å²) in [4.78, 5) is 28.2. The highest BCUT2D eigenvalue weighted by Gasteiger charge is 2.42. The number of aliphatic carboxylic acids is 1. The van der Waals surface area contributed by atoms with E-state index in [-0.39, 0.29) is 42.4 Å². The summed E-state index contributed by atoms with van der Waals surface area (Å²) in [7, 11) is -2.98. The summed E-state index contributed by atoms with van der Waals surface area (Å²) in [5, 5.41) is 32.6. The SMILES string of the molecule is CB(O)NCC(CC(=O)OC(C)(C)C)C(O[Si](C)(C)C(C)(C)C)c1cc(N(CCCl)CCCl)ccc1C.Cc1ccc(N(CCCl)CCCl)cc1C(O)C(CN)CC(=O)O. The van der Waals surface area contributed by atoms with Gasteiger partial charge in [-0.05, 0) is 119 Å². The average molecular weight is 939 g/mol. The van der Waals surface area contributed by atoms with E-state index >= 15 is 0 Å². The number of carbonyl (C=O) groups is 2. The Morgan fingerprint density at radius 1 is 0.817 bits per heavy atom. The fourth-order valence-corrected chi connectivity index (χ4v) is 8.46. The van der Waals surface area contributed by atoms with Crippen LogP contribution in [0.1, 0.15) is 88.8 Å². The summed E-state index contributed by atoms with van der Waals surface area (Å²) >= 11 is 23.9. The highest BCUT2D eigenvalue weighted by atomic mass is 35.5. The van der Waals surface area contributed by atoms with Crippen LogP contribution in [-0.2, 0) is 18.8 Å². The number of rotatable bonds is 24. The maximum atomic E-state index is 13.0. The molecule has 2 rings (SSSR count). The van der Waals surface area contributed by atoms with Crippen LogP contribution in [0.25, 0.3) is 0 Å². The van der Waals surface area contributed by atoms with Crippen molar-refractivity contribution >= 4 is 85.1 Å². The van der Waals surface area contributed by atoms with Gasteiger partial charge >= 0.3 is 19.0 Å². The third-order valence-corrected chi connectivity index (χ3v) is 15.8. The molecule has 4 unspecified atom stereocenters. The fourth-order valence-electron chi connectivity index (χ4n) is 6.34. The number of carboxylic acid groups (broad SMARTS) is 1. The molecule has 0 saturated heterocycles. The van der Waals surface area contributed by atoms with E-state index in [0.29, 0.717) is 61.8 Å². The van der Waals surface area contributed by atoms with Crippen molar-refractivity contribution in [3.63, 3.8) is 0 Å². The van der Waals surface area contributed by atoms with Crippen LogP contribution < -0.4 is 20.8 Å². The standard InChI is InChI=1S/C27H49BCl2N2O4Si.C16H24Cl2N2O3/c1-20-11-12-22(32(15-13-29)16-14-30)18-23(20)25(36-37(9,10)27(5,6)7)21(19-31-28(8)34)17-24(33)35-26(2,3)4;1-11-2-3-13(20(6-4-17)7-5-18)9-14(11)16(23)12(10-19)8-15(21)22/h11-12,18,21,25,31,34H,13-17,19H2,1-10H3;2-3,9,12,16,23H,4-8,10,19H2,1H3,(H,21,22). The van der Waals surface area contributed by atoms with E-state index in [1.807, 2.05) is 50.8 Å². The smallest absolute Gasteiger partial charge is 0.373 e. The molecule has 0 fully saturated rings. The molecular weight excluding hydrogens is 865 g/mol. The Morgan fingerprint density at radius 3 is 1.65 bits per heavy atom. The van der Waals surface area contributed by atoms with Gasteiger partial charge in [-0.2, -0.15) is 0 Å². The molecule has 0 amide bonds. The van der Waals surface area contributed by atoms with Crippen molar-refractivity contribution in [1.29, 1.82) is 0 Å². The number of anilines is 2. The van der Waals surface area contributed by atoms with Crippen LogP contribution in [0, 0.1) is 25.7 Å². The van der Waals surface area contributed by atoms with Gasteiger partial charge in [0, 0.05) is 72.9 Å². The molecular formula is C43H73BCl4N4O7Si. The second kappa shape index (κ2) is 26.8. The van der Waals surface area contributed by atoms with Gasteiger partial charge in [0.25, 0.3) is 0 Å². The number of carbonyl (C=O) groups excluding carboxylic acids is 1. The molecule has 11 nitrogen and oxygen atoms in total. The molecule has 0 saturated carbocycles. The van der Waals surface area contributed by atoms with Crippen molar-refractivity contribution in [2.75, 3.05) is 72.6 Å². The number of alkyl halides is 4. The van der Waals surface area contributed by atoms with E-state index < -0.39 is 39.0 Å². The summed E-state index contributed by atoms with van der Waals surface area (Å²) < 4.78 is 12.8. The highest BCUT2D eigenvalue weighted by Crippen LogP contribution is 2.44. The number of hydrogen-bond donors (Lipinski definition) is 5. The lowest BCUT2D eigenvalue weighted by Gasteiger charge is -2.42. The quantitative estimate of drug-likeness (QED) is 0.0390. The van der Waals surface area contributed by atoms with Crippen LogP contribution in [0.4, 0.5) is 11.4 Å². The van der Waals surface area contributed by atoms with Crippen LogP contribution in [0.5, 0.6) is 0 Å². The third-order valence-electron chi connectivity index (χ3n) is 10.7. The minimum Gasteiger partial charge on any atom is -0.481 e. The number of halogens is 4. The second-order valence-electron chi connectivity index (χ2n) is 17.8. The number of nitrogens with two attached hydrogens (primary N) is 1. The normalized spacial score (nSPS) is 14.0. The van der Waals surface area contributed by atoms with Crippen LogP contribution in [0.2, 0.25) is 25.0 Å². The van der Waals surface area contributed by atoms with Gasteiger partial charge in [-0.25, -0.2) is 0 Å². The number of aryl methyl sites for hydroxylation is 2. The number of aliphatic hydroxyl groups is 1. The monoisotopic (exact) mass is 936 g/mol. The zero-order chi connectivity index (χ0) is 46.0. The van der Waals surface area contributed by atoms with E-state index in [1.165, 1.54) is 0 Å². The molecule has 342 valence electrons. The number of carboxylic acids is 1. The van der Waals surface area contributed by atoms with Crippen LogP contribution in [-0.4, -0.2) is 111 Å². The van der Waals surface area contributed by atoms with Crippen molar-refractivity contribution in [3.05, 3.63) is 58.7 Å². The minimum absolute atomic E-state index is 0.0335. The molecule has 2 aromatic carbocycles. The Balaban J connectivity index is 0.000000669. The summed E-state index contributed by atoms with van der Waals surface area (Å²) in [6.07, 6.45) is -1.32. The summed E-state index contributed by atoms with van der Waals surface area (Å²) in [5.74, 6) is -0.140. The van der Waals surface area contributed by atoms with Gasteiger partial charge in [-0.15, -0.1) is 46.4 Å². The van der Waals surface area contributed by atoms with Gasteiger partial charge in [-0.1, -0.05) is 32.9 Å². The first-order chi connectivity index (χ1) is 27.9. The number of esters is 1. The predicted octanol–water partition coefficient (Wildman–Crippen LogP) is 8.75. The Morgan fingerprint density at radius 2 is 1.27 bits per heavy atom. The van der Waals surface area contributed by atoms with E-state index in [0.717, 1.165) is 28.1 Å². The molecule has 4 atom stereocenters. The van der Waals surface area contributed by atoms with Crippen LogP contribution >= 0.6 is 46.4 Å². The van der Waals surface area contributed by atoms with Crippen molar-refractivity contribution in [1.82, 2.24) is 5.23 Å². The number of hydrogen-bond acceptors (Lipinski definition) is 10. The maximum absolute atomic E-state index is 13.0. The van der Waals surface area contributed by atoms with Crippen molar-refractivity contribution in [2.24, 2.45) is 17.6 Å². The largest absolute Gasteiger partial charge is 0.481 e. The number of nitrogens with one attached hydrogen (secondary N) is 1. The lowest BCUT2D eigenvalue weighted by atomic mass is 9.84. The molecule has 0 aliphatic carbocycles. The first-order valence-electron chi connectivity index (χ1n) is 20.7. The molecule has 2 aromatic rings. The fraction of sp³-hybridized carbons (Fsp3) is 0.674. The zero-order valence-corrected chi connectivity index (χ0v) is 41.8. The molecule has 0 spiro atoms. The van der Waals surface area contributed by atoms with Gasteiger partial charge in [0.05, 0.1) is 25.0 Å². The zero-order valence-electron chi connectivity index (χ0n) is 37.8. The lowest BCUT2D eigenvalue weighted by molar-refractivity contribution is -0.157. The first-order valence-corrected chi connectivity index (χ1v) is 25.8. The Hall–Kier alpha value is -1.78. The van der Waals surface area contributed by atoms with Gasteiger partial charge in [0.1, 0.15) is 5.60 Å². The minimum atomic E-state index is -2.26. The average Bonchev–Trinajstić information content (AvgIpc) is 3.13. The molecule has 0 heterocycles. The number of aliphatic hydroxyl groups excluding tert-OH is 1. The van der Waals surface area contributed by atoms with E-state index in [2.05, 4.69) is 69.1 Å². The summed E-state index contributed by atoms with van der Waals surface area (Å²) in [6, 6.07) is 12.0. The number of ether oxygens (including phenoxy) is 1.